The predicted molar refractivity (Wildman–Crippen MR) is 94.4 cm³/mol. The highest BCUT2D eigenvalue weighted by atomic mass is 16.5. The molecule has 0 aliphatic carbocycles. The molecule has 0 unspecified atom stereocenters. The average molecular weight is 352 g/mol. The predicted octanol–water partition coefficient (Wildman–Crippen LogP) is 1.88. The third-order valence-electron chi connectivity index (χ3n) is 3.51. The SMILES string of the molecule is COc1ccc(NC(C)=O)cc1NC(=O)c1ccccc1-n1cnnn1. The number of nitrogens with one attached hydrogen (secondary N) is 2. The molecular weight excluding hydrogens is 336 g/mol. The van der Waals surface area contributed by atoms with Crippen LogP contribution in [0.2, 0.25) is 0 Å². The summed E-state index contributed by atoms with van der Waals surface area (Å²) in [5.41, 5.74) is 1.89. The van der Waals surface area contributed by atoms with Crippen LogP contribution in [0, 0.1) is 0 Å². The Morgan fingerprint density at radius 3 is 2.62 bits per heavy atom. The van der Waals surface area contributed by atoms with Gasteiger partial charge in [-0.3, -0.25) is 9.59 Å². The molecule has 0 aliphatic heterocycles. The molecule has 9 nitrogen and oxygen atoms in total. The number of anilines is 2. The Morgan fingerprint density at radius 1 is 1.12 bits per heavy atom. The molecule has 2 N–H and O–H groups in total. The normalized spacial score (nSPS) is 10.2. The van der Waals surface area contributed by atoms with Gasteiger partial charge in [-0.15, -0.1) is 5.10 Å². The van der Waals surface area contributed by atoms with E-state index in [2.05, 4.69) is 26.2 Å². The van der Waals surface area contributed by atoms with E-state index in [0.717, 1.165) is 0 Å². The number of benzene rings is 2. The van der Waals surface area contributed by atoms with E-state index in [4.69, 9.17) is 4.74 Å². The molecule has 2 aromatic carbocycles. The fourth-order valence-electron chi connectivity index (χ4n) is 2.41. The van der Waals surface area contributed by atoms with E-state index >= 15 is 0 Å². The van der Waals surface area contributed by atoms with Crippen molar-refractivity contribution < 1.29 is 14.3 Å². The lowest BCUT2D eigenvalue weighted by Gasteiger charge is -2.13. The first-order chi connectivity index (χ1) is 12.6. The largest absolute Gasteiger partial charge is 0.495 e. The maximum Gasteiger partial charge on any atom is 0.257 e. The van der Waals surface area contributed by atoms with Crippen LogP contribution in [0.15, 0.2) is 48.8 Å². The number of rotatable bonds is 5. The first kappa shape index (κ1) is 17.1. The summed E-state index contributed by atoms with van der Waals surface area (Å²) in [7, 11) is 1.50. The van der Waals surface area contributed by atoms with Gasteiger partial charge < -0.3 is 15.4 Å². The van der Waals surface area contributed by atoms with Crippen molar-refractivity contribution in [2.75, 3.05) is 17.7 Å². The Bertz CT molecular complexity index is 939. The van der Waals surface area contributed by atoms with Crippen LogP contribution in [-0.2, 0) is 4.79 Å². The zero-order valence-electron chi connectivity index (χ0n) is 14.1. The van der Waals surface area contributed by atoms with Crippen LogP contribution in [0.5, 0.6) is 5.75 Å². The van der Waals surface area contributed by atoms with Gasteiger partial charge in [0.2, 0.25) is 5.91 Å². The van der Waals surface area contributed by atoms with Crippen LogP contribution in [0.3, 0.4) is 0 Å². The molecule has 0 atom stereocenters. The van der Waals surface area contributed by atoms with E-state index in [1.165, 1.54) is 25.0 Å². The maximum atomic E-state index is 12.8. The van der Waals surface area contributed by atoms with E-state index in [-0.39, 0.29) is 11.8 Å². The summed E-state index contributed by atoms with van der Waals surface area (Å²) in [6, 6.07) is 11.9. The fourth-order valence-corrected chi connectivity index (χ4v) is 2.41. The Morgan fingerprint density at radius 2 is 1.92 bits per heavy atom. The third-order valence-corrected chi connectivity index (χ3v) is 3.51. The number of carbonyl (C=O) groups is 2. The molecule has 3 rings (SSSR count). The summed E-state index contributed by atoms with van der Waals surface area (Å²) in [6.45, 7) is 1.41. The summed E-state index contributed by atoms with van der Waals surface area (Å²) in [5.74, 6) is -0.113. The van der Waals surface area contributed by atoms with Crippen molar-refractivity contribution in [3.63, 3.8) is 0 Å². The van der Waals surface area contributed by atoms with Gasteiger partial charge in [0.05, 0.1) is 24.0 Å². The van der Waals surface area contributed by atoms with Crippen molar-refractivity contribution in [1.29, 1.82) is 0 Å². The summed E-state index contributed by atoms with van der Waals surface area (Å²) in [6.07, 6.45) is 1.41. The minimum atomic E-state index is -0.366. The molecule has 0 saturated carbocycles. The maximum absolute atomic E-state index is 12.8. The second kappa shape index (κ2) is 7.43. The number of amides is 2. The van der Waals surface area contributed by atoms with E-state index < -0.39 is 0 Å². The molecule has 1 aromatic heterocycles. The number of nitrogens with zero attached hydrogens (tertiary/aromatic N) is 4. The summed E-state index contributed by atoms with van der Waals surface area (Å²) >= 11 is 0. The van der Waals surface area contributed by atoms with Gasteiger partial charge in [0, 0.05) is 12.6 Å². The Labute approximate surface area is 149 Å². The van der Waals surface area contributed by atoms with Crippen molar-refractivity contribution in [3.8, 4) is 11.4 Å². The smallest absolute Gasteiger partial charge is 0.257 e. The van der Waals surface area contributed by atoms with Crippen LogP contribution in [-0.4, -0.2) is 39.1 Å². The lowest BCUT2D eigenvalue weighted by molar-refractivity contribution is -0.114. The first-order valence-corrected chi connectivity index (χ1v) is 7.68. The molecule has 3 aromatic rings. The highest BCUT2D eigenvalue weighted by Crippen LogP contribution is 2.28. The monoisotopic (exact) mass is 352 g/mol. The molecule has 26 heavy (non-hydrogen) atoms. The minimum Gasteiger partial charge on any atom is -0.495 e. The summed E-state index contributed by atoms with van der Waals surface area (Å²) in [5, 5.41) is 16.5. The summed E-state index contributed by atoms with van der Waals surface area (Å²) < 4.78 is 6.68. The highest BCUT2D eigenvalue weighted by Gasteiger charge is 2.16. The molecule has 0 aliphatic rings. The van der Waals surface area contributed by atoms with Gasteiger partial charge in [-0.2, -0.15) is 4.68 Å². The van der Waals surface area contributed by atoms with Gasteiger partial charge in [0.1, 0.15) is 12.1 Å². The zero-order valence-corrected chi connectivity index (χ0v) is 14.1. The van der Waals surface area contributed by atoms with E-state index in [9.17, 15) is 9.59 Å². The molecule has 132 valence electrons. The van der Waals surface area contributed by atoms with Gasteiger partial charge in [0.15, 0.2) is 0 Å². The first-order valence-electron chi connectivity index (χ1n) is 7.68. The number of methoxy groups -OCH3 is 1. The van der Waals surface area contributed by atoms with Crippen LogP contribution in [0.25, 0.3) is 5.69 Å². The van der Waals surface area contributed by atoms with Crippen LogP contribution in [0.1, 0.15) is 17.3 Å². The number of tetrazole rings is 1. The van der Waals surface area contributed by atoms with E-state index in [0.29, 0.717) is 28.4 Å². The van der Waals surface area contributed by atoms with Gasteiger partial charge in [0.25, 0.3) is 5.91 Å². The van der Waals surface area contributed by atoms with Crippen molar-refractivity contribution in [2.45, 2.75) is 6.92 Å². The second-order valence-electron chi connectivity index (χ2n) is 5.32. The zero-order chi connectivity index (χ0) is 18.5. The lowest BCUT2D eigenvalue weighted by atomic mass is 10.1. The third kappa shape index (κ3) is 3.66. The molecule has 2 amide bonds. The fraction of sp³-hybridized carbons (Fsp3) is 0.118. The van der Waals surface area contributed by atoms with Crippen molar-refractivity contribution in [1.82, 2.24) is 20.2 Å². The highest BCUT2D eigenvalue weighted by molar-refractivity contribution is 6.07. The van der Waals surface area contributed by atoms with Crippen LogP contribution >= 0.6 is 0 Å². The average Bonchev–Trinajstić information content (AvgIpc) is 3.16. The van der Waals surface area contributed by atoms with Crippen molar-refractivity contribution in [3.05, 3.63) is 54.4 Å². The minimum absolute atomic E-state index is 0.212. The number of para-hydroxylation sites is 1. The van der Waals surface area contributed by atoms with Crippen LogP contribution in [0.4, 0.5) is 11.4 Å². The molecule has 1 heterocycles. The van der Waals surface area contributed by atoms with Gasteiger partial charge in [-0.25, -0.2) is 0 Å². The number of hydrogen-bond acceptors (Lipinski definition) is 6. The quantitative estimate of drug-likeness (QED) is 0.725. The second-order valence-corrected chi connectivity index (χ2v) is 5.32. The number of ether oxygens (including phenoxy) is 1. The van der Waals surface area contributed by atoms with Crippen molar-refractivity contribution >= 4 is 23.2 Å². The Hall–Kier alpha value is -3.75. The Kier molecular flexibility index (Phi) is 4.88. The van der Waals surface area contributed by atoms with Gasteiger partial charge >= 0.3 is 0 Å². The molecule has 0 spiro atoms. The van der Waals surface area contributed by atoms with Gasteiger partial charge in [-0.1, -0.05) is 12.1 Å². The Balaban J connectivity index is 1.92. The van der Waals surface area contributed by atoms with Crippen LogP contribution < -0.4 is 15.4 Å². The van der Waals surface area contributed by atoms with E-state index in [1.807, 2.05) is 0 Å². The molecule has 0 radical (unpaired) electrons. The van der Waals surface area contributed by atoms with Crippen molar-refractivity contribution in [2.24, 2.45) is 0 Å². The number of hydrogen-bond donors (Lipinski definition) is 2. The standard InChI is InChI=1S/C17H16N6O3/c1-11(24)19-12-7-8-16(26-2)14(9-12)20-17(25)13-5-3-4-6-15(13)23-10-18-21-22-23/h3-10H,1-2H3,(H,19,24)(H,20,25). The molecule has 9 heteroatoms. The number of aromatic nitrogens is 4. The molecular formula is C17H16N6O3. The van der Waals surface area contributed by atoms with E-state index in [1.54, 1.807) is 42.5 Å². The number of carbonyl (C=O) groups excluding carboxylic acids is 2. The topological polar surface area (TPSA) is 111 Å². The summed E-state index contributed by atoms with van der Waals surface area (Å²) in [4.78, 5) is 24.0. The van der Waals surface area contributed by atoms with Gasteiger partial charge in [-0.05, 0) is 40.8 Å². The molecule has 0 saturated heterocycles. The molecule has 0 bridgehead atoms. The lowest BCUT2D eigenvalue weighted by Crippen LogP contribution is -2.16. The molecule has 0 fully saturated rings.